The van der Waals surface area contributed by atoms with Crippen molar-refractivity contribution in [2.75, 3.05) is 0 Å². The fourth-order valence-electron chi connectivity index (χ4n) is 3.35. The Morgan fingerprint density at radius 2 is 2.19 bits per heavy atom. The average Bonchev–Trinajstić information content (AvgIpc) is 2.92. The molecule has 0 aromatic carbocycles. The molecule has 2 aliphatic carbocycles. The van der Waals surface area contributed by atoms with Crippen LogP contribution in [0.25, 0.3) is 0 Å². The molecule has 1 aromatic heterocycles. The smallest absolute Gasteiger partial charge is 0.179 e. The van der Waals surface area contributed by atoms with Gasteiger partial charge in [-0.3, -0.25) is 4.79 Å². The fourth-order valence-corrected chi connectivity index (χ4v) is 4.48. The second-order valence-electron chi connectivity index (χ2n) is 4.90. The molecule has 2 nitrogen and oxygen atoms in total. The van der Waals surface area contributed by atoms with Crippen molar-refractivity contribution in [3.63, 3.8) is 0 Å². The number of hydrogen-bond donors (Lipinski definition) is 1. The summed E-state index contributed by atoms with van der Waals surface area (Å²) in [6.45, 7) is 0. The summed E-state index contributed by atoms with van der Waals surface area (Å²) in [6.07, 6.45) is 3.51. The van der Waals surface area contributed by atoms with Crippen molar-refractivity contribution < 1.29 is 4.79 Å². The first-order chi connectivity index (χ1) is 7.68. The zero-order chi connectivity index (χ0) is 11.3. The summed E-state index contributed by atoms with van der Waals surface area (Å²) < 4.78 is 0. The van der Waals surface area contributed by atoms with Crippen LogP contribution in [0.15, 0.2) is 11.4 Å². The highest BCUT2D eigenvalue weighted by Gasteiger charge is 2.49. The van der Waals surface area contributed by atoms with Crippen LogP contribution in [0.4, 0.5) is 0 Å². The van der Waals surface area contributed by atoms with Crippen molar-refractivity contribution >= 4 is 28.7 Å². The van der Waals surface area contributed by atoms with Gasteiger partial charge in [0.05, 0.1) is 9.90 Å². The van der Waals surface area contributed by atoms with Gasteiger partial charge >= 0.3 is 0 Å². The zero-order valence-corrected chi connectivity index (χ0v) is 10.4. The summed E-state index contributed by atoms with van der Waals surface area (Å²) in [5.41, 5.74) is 6.16. The lowest BCUT2D eigenvalue weighted by atomic mass is 9.82. The lowest BCUT2D eigenvalue weighted by Crippen LogP contribution is -2.40. The van der Waals surface area contributed by atoms with E-state index in [0.29, 0.717) is 21.7 Å². The Balaban J connectivity index is 1.89. The van der Waals surface area contributed by atoms with Gasteiger partial charge in [-0.2, -0.15) is 0 Å². The molecule has 2 saturated carbocycles. The third-order valence-corrected chi connectivity index (χ3v) is 5.48. The SMILES string of the molecule is NC1C2CCC(C2)C1C(=O)c1sccc1Cl. The first-order valence-corrected chi connectivity index (χ1v) is 6.97. The summed E-state index contributed by atoms with van der Waals surface area (Å²) in [4.78, 5) is 13.1. The first-order valence-electron chi connectivity index (χ1n) is 5.71. The number of halogens is 1. The van der Waals surface area contributed by atoms with Crippen LogP contribution in [-0.2, 0) is 0 Å². The minimum atomic E-state index is 0.0231. The number of thiophene rings is 1. The van der Waals surface area contributed by atoms with Gasteiger partial charge in [-0.25, -0.2) is 0 Å². The molecule has 2 fully saturated rings. The van der Waals surface area contributed by atoms with Crippen molar-refractivity contribution in [3.05, 3.63) is 21.3 Å². The molecule has 1 heterocycles. The van der Waals surface area contributed by atoms with Crippen LogP contribution < -0.4 is 5.73 Å². The van der Waals surface area contributed by atoms with Crippen molar-refractivity contribution in [1.82, 2.24) is 0 Å². The van der Waals surface area contributed by atoms with Crippen molar-refractivity contribution in [2.24, 2.45) is 23.5 Å². The van der Waals surface area contributed by atoms with Crippen LogP contribution in [0.5, 0.6) is 0 Å². The fraction of sp³-hybridized carbons (Fsp3) is 0.583. The van der Waals surface area contributed by atoms with Gasteiger partial charge in [0.25, 0.3) is 0 Å². The van der Waals surface area contributed by atoms with E-state index in [4.69, 9.17) is 17.3 Å². The minimum Gasteiger partial charge on any atom is -0.327 e. The van der Waals surface area contributed by atoms with E-state index in [1.54, 1.807) is 6.07 Å². The van der Waals surface area contributed by atoms with Crippen LogP contribution in [-0.4, -0.2) is 11.8 Å². The third kappa shape index (κ3) is 1.45. The molecule has 0 amide bonds. The summed E-state index contributed by atoms with van der Waals surface area (Å²) in [5, 5.41) is 2.46. The van der Waals surface area contributed by atoms with E-state index >= 15 is 0 Å². The molecule has 1 aromatic rings. The minimum absolute atomic E-state index is 0.0231. The number of Topliss-reactive ketones (excluding diaryl/α,β-unsaturated/α-hetero) is 1. The Kier molecular flexibility index (Phi) is 2.57. The Labute approximate surface area is 104 Å². The molecule has 4 atom stereocenters. The molecule has 0 aliphatic heterocycles. The van der Waals surface area contributed by atoms with Gasteiger partial charge in [0.2, 0.25) is 0 Å². The molecule has 3 rings (SSSR count). The largest absolute Gasteiger partial charge is 0.327 e. The Bertz CT molecular complexity index is 428. The normalized spacial score (nSPS) is 36.9. The van der Waals surface area contributed by atoms with Gasteiger partial charge in [0, 0.05) is 12.0 Å². The Hall–Kier alpha value is -0.380. The van der Waals surface area contributed by atoms with Crippen molar-refractivity contribution in [2.45, 2.75) is 25.3 Å². The molecule has 2 aliphatic rings. The van der Waals surface area contributed by atoms with Crippen LogP contribution in [0.1, 0.15) is 28.9 Å². The Morgan fingerprint density at radius 1 is 1.44 bits per heavy atom. The quantitative estimate of drug-likeness (QED) is 0.826. The molecule has 16 heavy (non-hydrogen) atoms. The van der Waals surface area contributed by atoms with E-state index < -0.39 is 0 Å². The number of rotatable bonds is 2. The monoisotopic (exact) mass is 255 g/mol. The highest BCUT2D eigenvalue weighted by Crippen LogP contribution is 2.49. The molecule has 0 spiro atoms. The molecular weight excluding hydrogens is 242 g/mol. The number of fused-ring (bicyclic) bond motifs is 2. The van der Waals surface area contributed by atoms with E-state index in [1.165, 1.54) is 17.8 Å². The van der Waals surface area contributed by atoms with Gasteiger partial charge in [-0.1, -0.05) is 11.6 Å². The highest BCUT2D eigenvalue weighted by atomic mass is 35.5. The standard InChI is InChI=1S/C12H14ClNOS/c13-8-3-4-16-12(8)11(15)9-6-1-2-7(5-6)10(9)14/h3-4,6-7,9-10H,1-2,5,14H2. The van der Waals surface area contributed by atoms with Gasteiger partial charge in [-0.05, 0) is 42.5 Å². The number of ketones is 1. The molecule has 2 N–H and O–H groups in total. The second-order valence-corrected chi connectivity index (χ2v) is 6.22. The van der Waals surface area contributed by atoms with Crippen LogP contribution in [0, 0.1) is 17.8 Å². The van der Waals surface area contributed by atoms with E-state index in [1.807, 2.05) is 5.38 Å². The summed E-state index contributed by atoms with van der Waals surface area (Å²) in [7, 11) is 0. The molecule has 0 saturated heterocycles. The van der Waals surface area contributed by atoms with Crippen LogP contribution >= 0.6 is 22.9 Å². The lowest BCUT2D eigenvalue weighted by molar-refractivity contribution is 0.0861. The molecule has 4 unspecified atom stereocenters. The lowest BCUT2D eigenvalue weighted by Gasteiger charge is -2.26. The Morgan fingerprint density at radius 3 is 2.75 bits per heavy atom. The number of nitrogens with two attached hydrogens (primary N) is 1. The van der Waals surface area contributed by atoms with E-state index in [2.05, 4.69) is 0 Å². The maximum absolute atomic E-state index is 12.4. The third-order valence-electron chi connectivity index (χ3n) is 4.12. The first kappa shape index (κ1) is 10.8. The van der Waals surface area contributed by atoms with Gasteiger partial charge in [0.15, 0.2) is 5.78 Å². The van der Waals surface area contributed by atoms with Crippen LogP contribution in [0.3, 0.4) is 0 Å². The molecule has 4 heteroatoms. The summed E-state index contributed by atoms with van der Waals surface area (Å²) in [5.74, 6) is 1.28. The number of carbonyl (C=O) groups is 1. The topological polar surface area (TPSA) is 43.1 Å². The van der Waals surface area contributed by atoms with E-state index in [-0.39, 0.29) is 17.7 Å². The number of hydrogen-bond acceptors (Lipinski definition) is 3. The van der Waals surface area contributed by atoms with Gasteiger partial charge < -0.3 is 5.73 Å². The molecule has 86 valence electrons. The molecule has 2 bridgehead atoms. The predicted molar refractivity (Wildman–Crippen MR) is 66.0 cm³/mol. The van der Waals surface area contributed by atoms with E-state index in [0.717, 1.165) is 12.8 Å². The maximum atomic E-state index is 12.4. The summed E-state index contributed by atoms with van der Waals surface area (Å²) >= 11 is 7.45. The second kappa shape index (κ2) is 3.83. The molecular formula is C12H14ClNOS. The van der Waals surface area contributed by atoms with Crippen molar-refractivity contribution in [3.8, 4) is 0 Å². The van der Waals surface area contributed by atoms with Crippen LogP contribution in [0.2, 0.25) is 5.02 Å². The van der Waals surface area contributed by atoms with Gasteiger partial charge in [0.1, 0.15) is 0 Å². The average molecular weight is 256 g/mol. The maximum Gasteiger partial charge on any atom is 0.179 e. The number of carbonyl (C=O) groups excluding carboxylic acids is 1. The molecule has 0 radical (unpaired) electrons. The van der Waals surface area contributed by atoms with E-state index in [9.17, 15) is 4.79 Å². The highest BCUT2D eigenvalue weighted by molar-refractivity contribution is 7.12. The van der Waals surface area contributed by atoms with Crippen molar-refractivity contribution in [1.29, 1.82) is 0 Å². The van der Waals surface area contributed by atoms with Gasteiger partial charge in [-0.15, -0.1) is 11.3 Å². The zero-order valence-electron chi connectivity index (χ0n) is 8.86. The summed E-state index contributed by atoms with van der Waals surface area (Å²) in [6, 6.07) is 1.85. The predicted octanol–water partition coefficient (Wildman–Crippen LogP) is 2.96.